The number of aromatic nitrogens is 2. The summed E-state index contributed by atoms with van der Waals surface area (Å²) < 4.78 is 8.30. The standard InChI is InChI=1S/C24H20N2O/c1-16(2)19-14-20-18-10-6-7-11-22(18)27-23(20)15-21(19)26-13-12-25-24(26)17-8-4-3-5-9-17/h3-16H,1-2H3. The molecule has 0 unspecified atom stereocenters. The lowest BCUT2D eigenvalue weighted by Crippen LogP contribution is -2.02. The van der Waals surface area contributed by atoms with Crippen LogP contribution in [0.4, 0.5) is 0 Å². The van der Waals surface area contributed by atoms with Gasteiger partial charge in [0.2, 0.25) is 0 Å². The second-order valence-corrected chi connectivity index (χ2v) is 7.15. The Kier molecular flexibility index (Phi) is 3.61. The van der Waals surface area contributed by atoms with Crippen LogP contribution >= 0.6 is 0 Å². The fourth-order valence-corrected chi connectivity index (χ4v) is 3.75. The summed E-state index contributed by atoms with van der Waals surface area (Å²) in [5.41, 5.74) is 5.33. The van der Waals surface area contributed by atoms with Gasteiger partial charge in [-0.25, -0.2) is 4.98 Å². The first-order valence-corrected chi connectivity index (χ1v) is 9.26. The molecule has 5 aromatic rings. The van der Waals surface area contributed by atoms with Crippen LogP contribution in [0, 0.1) is 0 Å². The van der Waals surface area contributed by atoms with Gasteiger partial charge in [-0.3, -0.25) is 4.57 Å². The molecule has 0 fully saturated rings. The van der Waals surface area contributed by atoms with Crippen molar-refractivity contribution in [3.05, 3.63) is 84.7 Å². The summed E-state index contributed by atoms with van der Waals surface area (Å²) in [5.74, 6) is 1.32. The summed E-state index contributed by atoms with van der Waals surface area (Å²) in [6, 6.07) is 22.9. The molecule has 0 saturated carbocycles. The number of fused-ring (bicyclic) bond motifs is 3. The van der Waals surface area contributed by atoms with Crippen molar-refractivity contribution in [1.29, 1.82) is 0 Å². The van der Waals surface area contributed by atoms with Crippen molar-refractivity contribution in [1.82, 2.24) is 9.55 Å². The largest absolute Gasteiger partial charge is 0.456 e. The molecule has 27 heavy (non-hydrogen) atoms. The summed E-state index contributed by atoms with van der Waals surface area (Å²) in [6.45, 7) is 4.46. The highest BCUT2D eigenvalue weighted by atomic mass is 16.3. The molecular weight excluding hydrogens is 332 g/mol. The second kappa shape index (κ2) is 6.13. The molecule has 0 atom stereocenters. The zero-order valence-electron chi connectivity index (χ0n) is 15.4. The first-order valence-electron chi connectivity index (χ1n) is 9.26. The molecule has 0 N–H and O–H groups in total. The number of furan rings is 1. The Bertz CT molecular complexity index is 1250. The Labute approximate surface area is 157 Å². The molecular formula is C24H20N2O. The fraction of sp³-hybridized carbons (Fsp3) is 0.125. The van der Waals surface area contributed by atoms with Gasteiger partial charge in [0.05, 0.1) is 5.69 Å². The van der Waals surface area contributed by atoms with E-state index in [0.29, 0.717) is 5.92 Å². The van der Waals surface area contributed by atoms with Crippen molar-refractivity contribution in [2.45, 2.75) is 19.8 Å². The van der Waals surface area contributed by atoms with E-state index in [9.17, 15) is 0 Å². The van der Waals surface area contributed by atoms with Gasteiger partial charge in [-0.2, -0.15) is 0 Å². The fourth-order valence-electron chi connectivity index (χ4n) is 3.75. The highest BCUT2D eigenvalue weighted by molar-refractivity contribution is 6.05. The normalized spacial score (nSPS) is 11.7. The van der Waals surface area contributed by atoms with E-state index in [4.69, 9.17) is 4.42 Å². The minimum absolute atomic E-state index is 0.379. The van der Waals surface area contributed by atoms with Crippen LogP contribution < -0.4 is 0 Å². The molecule has 3 nitrogen and oxygen atoms in total. The summed E-state index contributed by atoms with van der Waals surface area (Å²) in [7, 11) is 0. The van der Waals surface area contributed by atoms with Crippen molar-refractivity contribution < 1.29 is 4.42 Å². The molecule has 0 saturated heterocycles. The Morgan fingerprint density at radius 2 is 1.63 bits per heavy atom. The summed E-state index contributed by atoms with van der Waals surface area (Å²) in [4.78, 5) is 4.62. The van der Waals surface area contributed by atoms with Crippen molar-refractivity contribution in [3.8, 4) is 17.1 Å². The Balaban J connectivity index is 1.80. The third-order valence-corrected chi connectivity index (χ3v) is 5.08. The number of benzene rings is 3. The highest BCUT2D eigenvalue weighted by Gasteiger charge is 2.17. The maximum atomic E-state index is 6.14. The molecule has 0 amide bonds. The van der Waals surface area contributed by atoms with Crippen LogP contribution in [0.25, 0.3) is 39.0 Å². The molecule has 2 aromatic heterocycles. The third-order valence-electron chi connectivity index (χ3n) is 5.08. The zero-order chi connectivity index (χ0) is 18.4. The average molecular weight is 352 g/mol. The van der Waals surface area contributed by atoms with E-state index in [2.05, 4.69) is 59.8 Å². The van der Waals surface area contributed by atoms with Gasteiger partial charge < -0.3 is 4.42 Å². The predicted molar refractivity (Wildman–Crippen MR) is 110 cm³/mol. The van der Waals surface area contributed by atoms with E-state index >= 15 is 0 Å². The van der Waals surface area contributed by atoms with Crippen LogP contribution in [0.3, 0.4) is 0 Å². The first-order chi connectivity index (χ1) is 13.2. The molecule has 2 heterocycles. The lowest BCUT2D eigenvalue weighted by Gasteiger charge is -2.16. The van der Waals surface area contributed by atoms with Crippen LogP contribution in [0.1, 0.15) is 25.3 Å². The lowest BCUT2D eigenvalue weighted by atomic mass is 9.98. The second-order valence-electron chi connectivity index (χ2n) is 7.15. The number of hydrogen-bond acceptors (Lipinski definition) is 2. The van der Waals surface area contributed by atoms with Crippen molar-refractivity contribution >= 4 is 21.9 Å². The van der Waals surface area contributed by atoms with Gasteiger partial charge in [-0.1, -0.05) is 62.4 Å². The monoisotopic (exact) mass is 352 g/mol. The topological polar surface area (TPSA) is 31.0 Å². The van der Waals surface area contributed by atoms with E-state index < -0.39 is 0 Å². The predicted octanol–water partition coefficient (Wildman–Crippen LogP) is 6.56. The van der Waals surface area contributed by atoms with Crippen LogP contribution in [0.5, 0.6) is 0 Å². The lowest BCUT2D eigenvalue weighted by molar-refractivity contribution is 0.668. The van der Waals surface area contributed by atoms with Crippen LogP contribution in [0.2, 0.25) is 0 Å². The van der Waals surface area contributed by atoms with Gasteiger partial charge in [0, 0.05) is 34.8 Å². The summed E-state index contributed by atoms with van der Waals surface area (Å²) in [6.07, 6.45) is 3.88. The van der Waals surface area contributed by atoms with E-state index in [1.54, 1.807) is 0 Å². The molecule has 132 valence electrons. The first kappa shape index (κ1) is 15.9. The molecule has 3 heteroatoms. The zero-order valence-corrected chi connectivity index (χ0v) is 15.4. The molecule has 0 aliphatic carbocycles. The number of nitrogens with zero attached hydrogens (tertiary/aromatic N) is 2. The minimum Gasteiger partial charge on any atom is -0.456 e. The maximum Gasteiger partial charge on any atom is 0.144 e. The van der Waals surface area contributed by atoms with E-state index in [0.717, 1.165) is 33.6 Å². The third kappa shape index (κ3) is 2.55. The van der Waals surface area contributed by atoms with Crippen molar-refractivity contribution in [3.63, 3.8) is 0 Å². The van der Waals surface area contributed by atoms with Gasteiger partial charge >= 0.3 is 0 Å². The summed E-state index contributed by atoms with van der Waals surface area (Å²) in [5, 5.41) is 2.33. The minimum atomic E-state index is 0.379. The van der Waals surface area contributed by atoms with Gasteiger partial charge in [-0.15, -0.1) is 0 Å². The van der Waals surface area contributed by atoms with Gasteiger partial charge in [-0.05, 0) is 23.6 Å². The summed E-state index contributed by atoms with van der Waals surface area (Å²) >= 11 is 0. The average Bonchev–Trinajstić information content (AvgIpc) is 3.32. The molecule has 0 aliphatic heterocycles. The molecule has 0 bridgehead atoms. The Morgan fingerprint density at radius 3 is 2.44 bits per heavy atom. The molecule has 0 aliphatic rings. The van der Waals surface area contributed by atoms with Gasteiger partial charge in [0.25, 0.3) is 0 Å². The molecule has 0 radical (unpaired) electrons. The van der Waals surface area contributed by atoms with Crippen molar-refractivity contribution in [2.24, 2.45) is 0 Å². The van der Waals surface area contributed by atoms with E-state index in [1.165, 1.54) is 10.9 Å². The number of rotatable bonds is 3. The SMILES string of the molecule is CC(C)c1cc2c(cc1-n1ccnc1-c1ccccc1)oc1ccccc12. The Hall–Kier alpha value is -3.33. The smallest absolute Gasteiger partial charge is 0.144 e. The Morgan fingerprint density at radius 1 is 0.852 bits per heavy atom. The number of para-hydroxylation sites is 1. The van der Waals surface area contributed by atoms with E-state index in [-0.39, 0.29) is 0 Å². The van der Waals surface area contributed by atoms with E-state index in [1.807, 2.05) is 42.7 Å². The maximum absolute atomic E-state index is 6.14. The number of imidazole rings is 1. The quantitative estimate of drug-likeness (QED) is 0.368. The van der Waals surface area contributed by atoms with Crippen LogP contribution in [-0.4, -0.2) is 9.55 Å². The molecule has 5 rings (SSSR count). The van der Waals surface area contributed by atoms with Crippen LogP contribution in [-0.2, 0) is 0 Å². The van der Waals surface area contributed by atoms with Crippen molar-refractivity contribution in [2.75, 3.05) is 0 Å². The van der Waals surface area contributed by atoms with Gasteiger partial charge in [0.1, 0.15) is 17.0 Å². The van der Waals surface area contributed by atoms with Gasteiger partial charge in [0.15, 0.2) is 0 Å². The van der Waals surface area contributed by atoms with Crippen LogP contribution in [0.15, 0.2) is 83.5 Å². The molecule has 3 aromatic carbocycles. The number of hydrogen-bond donors (Lipinski definition) is 0. The molecule has 0 spiro atoms. The highest BCUT2D eigenvalue weighted by Crippen LogP contribution is 2.36.